The molecule has 0 amide bonds. The van der Waals surface area contributed by atoms with Crippen molar-refractivity contribution in [2.75, 3.05) is 6.54 Å². The van der Waals surface area contributed by atoms with Crippen molar-refractivity contribution in [1.82, 2.24) is 0 Å². The first-order valence-corrected chi connectivity index (χ1v) is 47.0. The first-order valence-electron chi connectivity index (χ1n) is 34.0. The molecule has 0 radical (unpaired) electrons. The van der Waals surface area contributed by atoms with Crippen molar-refractivity contribution in [3.8, 4) is 0 Å². The van der Waals surface area contributed by atoms with Crippen molar-refractivity contribution in [2.24, 2.45) is 46.5 Å². The van der Waals surface area contributed by atoms with Gasteiger partial charge in [-0.25, -0.2) is 4.79 Å². The summed E-state index contributed by atoms with van der Waals surface area (Å²) >= 11 is 0. The molecule has 8 unspecified atom stereocenters. The number of hydrogen-bond acceptors (Lipinski definition) is 15. The molecular weight excluding hydrogens is 1370 g/mol. The summed E-state index contributed by atoms with van der Waals surface area (Å²) in [5, 5.41) is 42.8. The predicted octanol–water partition coefficient (Wildman–Crippen LogP) is 19.8. The van der Waals surface area contributed by atoms with Crippen molar-refractivity contribution in [1.29, 1.82) is 0 Å². The Morgan fingerprint density at radius 1 is 0.750 bits per heavy atom. The molecule has 25 heteroatoms. The number of carbonyl (C=O) groups is 3. The second-order valence-electron chi connectivity index (χ2n) is 25.7. The van der Waals surface area contributed by atoms with Crippen molar-refractivity contribution in [3.05, 3.63) is 118 Å². The molecule has 0 aromatic heterocycles. The molecule has 2 aliphatic heterocycles. The van der Waals surface area contributed by atoms with E-state index in [0.29, 0.717) is 56.8 Å². The fourth-order valence-electron chi connectivity index (χ4n) is 9.85. The van der Waals surface area contributed by atoms with E-state index in [1.54, 1.807) is 19.1 Å². The smallest absolute Gasteiger partial charge is 0.373 e. The van der Waals surface area contributed by atoms with Gasteiger partial charge in [-0.15, -0.1) is 17.9 Å². The molecule has 0 saturated carbocycles. The lowest BCUT2D eigenvalue weighted by Gasteiger charge is -2.27. The maximum Gasteiger partial charge on any atom is 0.373 e. The Kier molecular flexibility index (Phi) is 63.0. The number of aliphatic hydroxyl groups excluding tert-OH is 4. The fourth-order valence-corrected chi connectivity index (χ4v) is 14.4. The standard InChI is InChI=1S/C34H51N3O7.C15H26O3.C12H30O2P8.C9H20.CO2/c1-23(11-9-12-24(2)20-29(39)30(40)21-28(6)38)19-25(3)17-18-34(42)43-31-15-10-16-33(41)44-32(27(5)22-36-37-35)14-8-7-13-26(31)4;1-11(2)14-9-5-4-7-12(3)13(16)8-6-10-15(17)18-14;1-5-6-9(2)7-12(14-22(18)20-16)10(3)8-11(4)13-21(17)19-15;1-5-7-9(4)8(3)6-2;2-1-3/h7-9,11-12,17-20,26-32,38-40H,10,13-16,21-22H2,1-6H3;4-5,11-14,16H,6-10H2,1-3H3;5-7,10-12,19-20H,8,15-18H2,1-4H3;8-9H,5-7H2,1-4H3;/b8-7+,12-9+,18-17+,23-11+,24-20+,25-19+;5-4+;6-5+,9-7+;;/t26-,27-,28-,29-,30-,31-,32+;12-,13-,14+;10-,11-,12-,21?,22?;8-,9-;/m0000./s1. The molecule has 0 aliphatic carbocycles. The van der Waals surface area contributed by atoms with Gasteiger partial charge in [0, 0.05) is 49.6 Å². The summed E-state index contributed by atoms with van der Waals surface area (Å²) in [5.41, 5.74) is 12.4. The van der Waals surface area contributed by atoms with Crippen molar-refractivity contribution < 1.29 is 67.7 Å². The molecule has 0 aromatic rings. The second-order valence-corrected chi connectivity index (χ2v) is 42.7. The van der Waals surface area contributed by atoms with E-state index >= 15 is 0 Å². The largest absolute Gasteiger partial charge is 0.462 e. The maximum atomic E-state index is 12.7. The first kappa shape index (κ1) is 98.1. The highest BCUT2D eigenvalue weighted by Gasteiger charge is 2.26. The van der Waals surface area contributed by atoms with Crippen LogP contribution in [0.4, 0.5) is 0 Å². The van der Waals surface area contributed by atoms with E-state index in [-0.39, 0.29) is 99.4 Å². The van der Waals surface area contributed by atoms with Gasteiger partial charge in [0.1, 0.15) is 18.3 Å². The minimum absolute atomic E-state index is 0.0200. The molecule has 0 fully saturated rings. The van der Waals surface area contributed by atoms with E-state index < -0.39 is 31.8 Å². The Hall–Kier alpha value is -2.04. The fraction of sp³-hybridized carbons (Fsp3) is 0.690. The lowest BCUT2D eigenvalue weighted by atomic mass is 9.90. The van der Waals surface area contributed by atoms with Gasteiger partial charge in [0.15, 0.2) is 0 Å². The normalized spacial score (nSPS) is 24.1. The van der Waals surface area contributed by atoms with Crippen LogP contribution in [-0.2, 0) is 47.2 Å². The monoisotopic (exact) mass is 1490 g/mol. The van der Waals surface area contributed by atoms with Crippen LogP contribution in [0.3, 0.4) is 0 Å². The zero-order chi connectivity index (χ0) is 73.7. The van der Waals surface area contributed by atoms with Gasteiger partial charge in [0.05, 0.1) is 51.7 Å². The SMILES string of the molecule is C/C=C/C(C)=C/[C@H](OP(P)PP)[C@@H](C)C[C@H](C)OP(P)PP.CC(=C\C=C\C(C)=C\[C@H](O)[C@@H](O)C[C@H](C)O)/C=C(C)/C=C/C(=O)O[C@H]1CCCC(=O)O[C@@H]([C@@H](C)CN=[N+]=[N-])C/C=C/C[C@@H]1C.CC(C)[C@H]1C/C=C/C[C@H](C)[C@@H](O)CCCC(=O)O1.CCC[C@H](C)[C@@H](C)CC.O=C=O. The van der Waals surface area contributed by atoms with Crippen LogP contribution >= 0.6 is 66.7 Å². The third-order valence-electron chi connectivity index (χ3n) is 16.1. The summed E-state index contributed by atoms with van der Waals surface area (Å²) in [6.45, 7) is 35.4. The molecular formula is C71H127N3O14P8. The van der Waals surface area contributed by atoms with Crippen molar-refractivity contribution in [3.63, 3.8) is 0 Å². The minimum atomic E-state index is -1.06. The van der Waals surface area contributed by atoms with Crippen molar-refractivity contribution >= 4 is 90.7 Å². The van der Waals surface area contributed by atoms with Crippen LogP contribution < -0.4 is 0 Å². The number of hydrogen-bond donors (Lipinski definition) is 4. The molecule has 17 nitrogen and oxygen atoms in total. The number of rotatable bonds is 29. The molecule has 0 spiro atoms. The van der Waals surface area contributed by atoms with Crippen LogP contribution in [0.2, 0.25) is 0 Å². The molecule has 0 aromatic carbocycles. The lowest BCUT2D eigenvalue weighted by molar-refractivity contribution is -0.191. The zero-order valence-corrected chi connectivity index (χ0v) is 69.5. The van der Waals surface area contributed by atoms with E-state index in [4.69, 9.17) is 38.4 Å². The number of aliphatic hydroxyl groups is 4. The van der Waals surface area contributed by atoms with Crippen LogP contribution in [-0.4, -0.2) is 106 Å². The van der Waals surface area contributed by atoms with Gasteiger partial charge in [-0.05, 0) is 156 Å². The Balaban J connectivity index is -0.00000137. The molecule has 23 atom stereocenters. The molecule has 550 valence electrons. The van der Waals surface area contributed by atoms with E-state index in [0.717, 1.165) is 63.7 Å². The molecule has 2 rings (SSSR count). The van der Waals surface area contributed by atoms with Gasteiger partial charge in [-0.2, -0.15) is 9.59 Å². The third-order valence-corrected chi connectivity index (χ3v) is 33.2. The Morgan fingerprint density at radius 2 is 1.29 bits per heavy atom. The first-order chi connectivity index (χ1) is 45.3. The predicted molar refractivity (Wildman–Crippen MR) is 420 cm³/mol. The maximum absolute atomic E-state index is 12.7. The van der Waals surface area contributed by atoms with Gasteiger partial charge in [0.25, 0.3) is 0 Å². The average Bonchev–Trinajstić information content (AvgIpc) is 1.04. The number of cyclic esters (lactones) is 2. The number of allylic oxidation sites excluding steroid dienone is 13. The van der Waals surface area contributed by atoms with Gasteiger partial charge in [-0.1, -0.05) is 213 Å². The Morgan fingerprint density at radius 3 is 1.83 bits per heavy atom. The highest BCUT2D eigenvalue weighted by molar-refractivity contribution is 8.60. The number of nitrogens with zero attached hydrogens (tertiary/aromatic N) is 3. The summed E-state index contributed by atoms with van der Waals surface area (Å²) < 4.78 is 29.2. The van der Waals surface area contributed by atoms with E-state index in [9.17, 15) is 34.8 Å². The quantitative estimate of drug-likeness (QED) is 0.00625. The summed E-state index contributed by atoms with van der Waals surface area (Å²) in [4.78, 5) is 55.8. The third kappa shape index (κ3) is 53.8. The number of ether oxygens (including phenoxy) is 3. The second kappa shape index (κ2) is 61.6. The summed E-state index contributed by atoms with van der Waals surface area (Å²) in [5.74, 6) is 1.95. The zero-order valence-electron chi connectivity index (χ0n) is 61.1. The molecule has 4 N–H and O–H groups in total. The number of carbonyl (C=O) groups excluding carboxylic acids is 5. The Bertz CT molecular complexity index is 2480. The molecule has 0 bridgehead atoms. The topological polar surface area (TPSA) is 261 Å². The average molecular weight is 1490 g/mol. The van der Waals surface area contributed by atoms with E-state index in [1.165, 1.54) is 30.9 Å². The van der Waals surface area contributed by atoms with Crippen LogP contribution in [0.15, 0.2) is 112 Å². The molecule has 96 heavy (non-hydrogen) atoms. The minimum Gasteiger partial charge on any atom is -0.462 e. The van der Waals surface area contributed by atoms with Gasteiger partial charge in [0.2, 0.25) is 0 Å². The van der Waals surface area contributed by atoms with Crippen LogP contribution in [0.1, 0.15) is 214 Å². The molecule has 0 saturated heterocycles. The van der Waals surface area contributed by atoms with Crippen LogP contribution in [0, 0.1) is 41.4 Å². The highest BCUT2D eigenvalue weighted by Crippen LogP contribution is 2.68. The molecule has 2 heterocycles. The number of esters is 3. The van der Waals surface area contributed by atoms with E-state index in [1.807, 2.05) is 78.0 Å². The van der Waals surface area contributed by atoms with Gasteiger partial charge >= 0.3 is 24.1 Å². The lowest BCUT2D eigenvalue weighted by Crippen LogP contribution is -2.28. The Labute approximate surface area is 594 Å². The van der Waals surface area contributed by atoms with Crippen LogP contribution in [0.25, 0.3) is 10.4 Å². The summed E-state index contributed by atoms with van der Waals surface area (Å²) in [6.07, 6.45) is 34.7. The highest BCUT2D eigenvalue weighted by atomic mass is 32.6. The van der Waals surface area contributed by atoms with Gasteiger partial charge < -0.3 is 43.7 Å². The summed E-state index contributed by atoms with van der Waals surface area (Å²) in [6, 6.07) is 0. The van der Waals surface area contributed by atoms with Crippen molar-refractivity contribution in [2.45, 2.75) is 269 Å². The van der Waals surface area contributed by atoms with Gasteiger partial charge in [-0.3, -0.25) is 9.59 Å². The van der Waals surface area contributed by atoms with E-state index in [2.05, 4.69) is 145 Å². The summed E-state index contributed by atoms with van der Waals surface area (Å²) in [7, 11) is 11.9. The molecule has 2 aliphatic rings. The number of azide groups is 1. The van der Waals surface area contributed by atoms with Crippen LogP contribution in [0.5, 0.6) is 0 Å².